The van der Waals surface area contributed by atoms with Gasteiger partial charge in [0, 0.05) is 25.6 Å². The van der Waals surface area contributed by atoms with Gasteiger partial charge in [-0.3, -0.25) is 4.79 Å². The maximum absolute atomic E-state index is 11.6. The number of carbonyl (C=O) groups excluding carboxylic acids is 1. The first kappa shape index (κ1) is 13.7. The molecule has 19 heavy (non-hydrogen) atoms. The zero-order valence-electron chi connectivity index (χ0n) is 11.4. The van der Waals surface area contributed by atoms with Crippen LogP contribution in [0.2, 0.25) is 0 Å². The van der Waals surface area contributed by atoms with Gasteiger partial charge in [-0.2, -0.15) is 0 Å². The highest BCUT2D eigenvalue weighted by Crippen LogP contribution is 2.27. The number of carbonyl (C=O) groups is 1. The fraction of sp³-hybridized carbons (Fsp3) is 0.500. The lowest BCUT2D eigenvalue weighted by Crippen LogP contribution is -2.30. The van der Waals surface area contributed by atoms with E-state index in [1.807, 2.05) is 23.1 Å². The topological polar surface area (TPSA) is 64.8 Å². The van der Waals surface area contributed by atoms with Crippen molar-refractivity contribution in [2.45, 2.75) is 18.9 Å². The molecule has 0 saturated carbocycles. The van der Waals surface area contributed by atoms with Gasteiger partial charge in [0.15, 0.2) is 11.5 Å². The van der Waals surface area contributed by atoms with Crippen molar-refractivity contribution in [2.75, 3.05) is 27.3 Å². The van der Waals surface area contributed by atoms with Crippen LogP contribution in [-0.2, 0) is 11.2 Å². The van der Waals surface area contributed by atoms with Crippen LogP contribution in [-0.4, -0.2) is 44.2 Å². The van der Waals surface area contributed by atoms with E-state index in [2.05, 4.69) is 0 Å². The molecule has 0 aliphatic carbocycles. The van der Waals surface area contributed by atoms with Crippen molar-refractivity contribution in [3.63, 3.8) is 0 Å². The van der Waals surface area contributed by atoms with Gasteiger partial charge in [-0.25, -0.2) is 0 Å². The SMILES string of the molecule is COc1ccc(CCN2CC(N)CC2=O)cc1OC. The fourth-order valence-electron chi connectivity index (χ4n) is 2.32. The first-order valence-electron chi connectivity index (χ1n) is 6.38. The van der Waals surface area contributed by atoms with Crippen LogP contribution in [0.25, 0.3) is 0 Å². The molecule has 1 aliphatic heterocycles. The number of nitrogens with two attached hydrogens (primary N) is 1. The van der Waals surface area contributed by atoms with Crippen LogP contribution < -0.4 is 15.2 Å². The Morgan fingerprint density at radius 3 is 2.63 bits per heavy atom. The second-order valence-electron chi connectivity index (χ2n) is 4.74. The first-order chi connectivity index (χ1) is 9.13. The standard InChI is InChI=1S/C14H20N2O3/c1-18-12-4-3-10(7-13(12)19-2)5-6-16-9-11(15)8-14(16)17/h3-4,7,11H,5-6,8-9,15H2,1-2H3. The number of benzene rings is 1. The molecule has 1 aliphatic rings. The summed E-state index contributed by atoms with van der Waals surface area (Å²) < 4.78 is 10.5. The molecule has 2 rings (SSSR count). The number of amides is 1. The Hall–Kier alpha value is -1.75. The molecule has 1 unspecified atom stereocenters. The summed E-state index contributed by atoms with van der Waals surface area (Å²) in [5.74, 6) is 1.57. The zero-order valence-corrected chi connectivity index (χ0v) is 11.4. The Morgan fingerprint density at radius 2 is 2.05 bits per heavy atom. The Bertz CT molecular complexity index is 462. The number of hydrogen-bond acceptors (Lipinski definition) is 4. The summed E-state index contributed by atoms with van der Waals surface area (Å²) in [4.78, 5) is 13.5. The number of likely N-dealkylation sites (tertiary alicyclic amines) is 1. The van der Waals surface area contributed by atoms with E-state index in [-0.39, 0.29) is 11.9 Å². The van der Waals surface area contributed by atoms with Crippen LogP contribution in [0.4, 0.5) is 0 Å². The normalized spacial score (nSPS) is 18.8. The molecule has 1 aromatic rings. The van der Waals surface area contributed by atoms with Crippen LogP contribution in [0, 0.1) is 0 Å². The minimum atomic E-state index is -0.0158. The minimum absolute atomic E-state index is 0.0158. The molecular weight excluding hydrogens is 244 g/mol. The molecular formula is C14H20N2O3. The predicted molar refractivity (Wildman–Crippen MR) is 72.4 cm³/mol. The fourth-order valence-corrected chi connectivity index (χ4v) is 2.32. The van der Waals surface area contributed by atoms with Crippen molar-refractivity contribution in [1.82, 2.24) is 4.90 Å². The predicted octanol–water partition coefficient (Wildman–Crippen LogP) is 0.806. The van der Waals surface area contributed by atoms with E-state index in [1.54, 1.807) is 14.2 Å². The zero-order chi connectivity index (χ0) is 13.8. The third-order valence-corrected chi connectivity index (χ3v) is 3.36. The van der Waals surface area contributed by atoms with E-state index in [4.69, 9.17) is 15.2 Å². The molecule has 5 nitrogen and oxygen atoms in total. The second kappa shape index (κ2) is 5.93. The lowest BCUT2D eigenvalue weighted by molar-refractivity contribution is -0.127. The number of ether oxygens (including phenoxy) is 2. The Labute approximate surface area is 113 Å². The largest absolute Gasteiger partial charge is 0.493 e. The van der Waals surface area contributed by atoms with Crippen molar-refractivity contribution in [2.24, 2.45) is 5.73 Å². The maximum Gasteiger partial charge on any atom is 0.224 e. The number of nitrogens with zero attached hydrogens (tertiary/aromatic N) is 1. The van der Waals surface area contributed by atoms with Crippen LogP contribution >= 0.6 is 0 Å². The van der Waals surface area contributed by atoms with E-state index in [0.717, 1.165) is 12.0 Å². The molecule has 0 bridgehead atoms. The van der Waals surface area contributed by atoms with E-state index < -0.39 is 0 Å². The molecule has 1 saturated heterocycles. The van der Waals surface area contributed by atoms with Crippen molar-refractivity contribution in [3.05, 3.63) is 23.8 Å². The van der Waals surface area contributed by atoms with Crippen molar-refractivity contribution < 1.29 is 14.3 Å². The second-order valence-corrected chi connectivity index (χ2v) is 4.74. The summed E-state index contributed by atoms with van der Waals surface area (Å²) in [5, 5.41) is 0. The average molecular weight is 264 g/mol. The molecule has 0 aromatic heterocycles. The molecule has 1 aromatic carbocycles. The highest BCUT2D eigenvalue weighted by atomic mass is 16.5. The molecule has 2 N–H and O–H groups in total. The Kier molecular flexibility index (Phi) is 4.27. The van der Waals surface area contributed by atoms with E-state index in [0.29, 0.717) is 31.0 Å². The van der Waals surface area contributed by atoms with Crippen LogP contribution in [0.15, 0.2) is 18.2 Å². The number of rotatable bonds is 5. The Balaban J connectivity index is 1.98. The van der Waals surface area contributed by atoms with Crippen LogP contribution in [0.1, 0.15) is 12.0 Å². The van der Waals surface area contributed by atoms with E-state index in [1.165, 1.54) is 0 Å². The van der Waals surface area contributed by atoms with E-state index >= 15 is 0 Å². The van der Waals surface area contributed by atoms with Gasteiger partial charge in [0.25, 0.3) is 0 Å². The van der Waals surface area contributed by atoms with Crippen LogP contribution in [0.3, 0.4) is 0 Å². The monoisotopic (exact) mass is 264 g/mol. The van der Waals surface area contributed by atoms with Crippen molar-refractivity contribution in [3.8, 4) is 11.5 Å². The summed E-state index contributed by atoms with van der Waals surface area (Å²) in [6.45, 7) is 1.36. The summed E-state index contributed by atoms with van der Waals surface area (Å²) in [6.07, 6.45) is 1.25. The van der Waals surface area contributed by atoms with Gasteiger partial charge in [0.05, 0.1) is 14.2 Å². The molecule has 104 valence electrons. The molecule has 1 atom stereocenters. The summed E-state index contributed by atoms with van der Waals surface area (Å²) >= 11 is 0. The number of hydrogen-bond donors (Lipinski definition) is 1. The highest BCUT2D eigenvalue weighted by Gasteiger charge is 2.26. The lowest BCUT2D eigenvalue weighted by Gasteiger charge is -2.16. The first-order valence-corrected chi connectivity index (χ1v) is 6.38. The minimum Gasteiger partial charge on any atom is -0.493 e. The smallest absolute Gasteiger partial charge is 0.224 e. The molecule has 0 radical (unpaired) electrons. The molecule has 1 amide bonds. The van der Waals surface area contributed by atoms with Gasteiger partial charge >= 0.3 is 0 Å². The molecule has 1 fully saturated rings. The Morgan fingerprint density at radius 1 is 1.32 bits per heavy atom. The molecule has 5 heteroatoms. The van der Waals surface area contributed by atoms with Crippen molar-refractivity contribution in [1.29, 1.82) is 0 Å². The van der Waals surface area contributed by atoms with Gasteiger partial charge < -0.3 is 20.1 Å². The number of methoxy groups -OCH3 is 2. The summed E-state index contributed by atoms with van der Waals surface area (Å²) in [6, 6.07) is 5.80. The van der Waals surface area contributed by atoms with Gasteiger partial charge in [-0.15, -0.1) is 0 Å². The third kappa shape index (κ3) is 3.17. The summed E-state index contributed by atoms with van der Waals surface area (Å²) in [7, 11) is 3.23. The lowest BCUT2D eigenvalue weighted by atomic mass is 10.1. The summed E-state index contributed by atoms with van der Waals surface area (Å²) in [5.41, 5.74) is 6.89. The molecule has 0 spiro atoms. The average Bonchev–Trinajstić information content (AvgIpc) is 2.74. The third-order valence-electron chi connectivity index (χ3n) is 3.36. The maximum atomic E-state index is 11.6. The van der Waals surface area contributed by atoms with Gasteiger partial charge in [0.2, 0.25) is 5.91 Å². The molecule has 1 heterocycles. The van der Waals surface area contributed by atoms with Crippen molar-refractivity contribution >= 4 is 5.91 Å². The van der Waals surface area contributed by atoms with Gasteiger partial charge in [-0.05, 0) is 24.1 Å². The van der Waals surface area contributed by atoms with Gasteiger partial charge in [0.1, 0.15) is 0 Å². The quantitative estimate of drug-likeness (QED) is 0.854. The van der Waals surface area contributed by atoms with Crippen LogP contribution in [0.5, 0.6) is 11.5 Å². The van der Waals surface area contributed by atoms with Gasteiger partial charge in [-0.1, -0.05) is 6.07 Å². The highest BCUT2D eigenvalue weighted by molar-refractivity contribution is 5.79. The van der Waals surface area contributed by atoms with E-state index in [9.17, 15) is 4.79 Å².